The number of benzene rings is 1. The van der Waals surface area contributed by atoms with E-state index in [1.54, 1.807) is 36.4 Å². The first-order valence-electron chi connectivity index (χ1n) is 7.45. The number of furan rings is 1. The van der Waals surface area contributed by atoms with E-state index in [0.717, 1.165) is 5.56 Å². The number of ether oxygens (including phenoxy) is 1. The van der Waals surface area contributed by atoms with Crippen molar-refractivity contribution in [2.45, 2.75) is 13.1 Å². The van der Waals surface area contributed by atoms with Crippen LogP contribution in [-0.2, 0) is 22.6 Å². The highest BCUT2D eigenvalue weighted by atomic mass is 16.5. The fourth-order valence-corrected chi connectivity index (χ4v) is 1.97. The van der Waals surface area contributed by atoms with Gasteiger partial charge in [-0.2, -0.15) is 5.26 Å². The lowest BCUT2D eigenvalue weighted by Crippen LogP contribution is -2.25. The van der Waals surface area contributed by atoms with E-state index < -0.39 is 11.9 Å². The summed E-state index contributed by atoms with van der Waals surface area (Å²) >= 11 is 0. The fraction of sp³-hybridized carbons (Fsp3) is 0.167. The largest absolute Gasteiger partial charge is 0.467 e. The number of carbonyl (C=O) groups is 2. The average molecular weight is 339 g/mol. The van der Waals surface area contributed by atoms with Gasteiger partial charge in [0.05, 0.1) is 25.5 Å². The van der Waals surface area contributed by atoms with Crippen LogP contribution in [0.25, 0.3) is 0 Å². The van der Waals surface area contributed by atoms with Crippen LogP contribution < -0.4 is 10.6 Å². The van der Waals surface area contributed by atoms with E-state index >= 15 is 0 Å². The lowest BCUT2D eigenvalue weighted by Gasteiger charge is -2.05. The molecule has 0 radical (unpaired) electrons. The predicted octanol–water partition coefficient (Wildman–Crippen LogP) is 1.88. The molecule has 25 heavy (non-hydrogen) atoms. The van der Waals surface area contributed by atoms with Crippen LogP contribution in [0.2, 0.25) is 0 Å². The first-order valence-corrected chi connectivity index (χ1v) is 7.45. The van der Waals surface area contributed by atoms with Crippen LogP contribution in [0.5, 0.6) is 0 Å². The summed E-state index contributed by atoms with van der Waals surface area (Å²) in [5.41, 5.74) is 1.30. The van der Waals surface area contributed by atoms with E-state index in [1.165, 1.54) is 19.6 Å². The van der Waals surface area contributed by atoms with Crippen molar-refractivity contribution in [3.63, 3.8) is 0 Å². The Labute approximate surface area is 144 Å². The second-order valence-corrected chi connectivity index (χ2v) is 5.00. The number of nitriles is 1. The molecule has 1 heterocycles. The number of hydrogen-bond acceptors (Lipinski definition) is 6. The van der Waals surface area contributed by atoms with Crippen molar-refractivity contribution >= 4 is 11.9 Å². The molecular weight excluding hydrogens is 322 g/mol. The van der Waals surface area contributed by atoms with Gasteiger partial charge in [-0.25, -0.2) is 4.79 Å². The van der Waals surface area contributed by atoms with Crippen molar-refractivity contribution in [2.24, 2.45) is 0 Å². The van der Waals surface area contributed by atoms with Gasteiger partial charge >= 0.3 is 5.97 Å². The maximum absolute atomic E-state index is 11.9. The molecule has 0 unspecified atom stereocenters. The number of rotatable bonds is 7. The van der Waals surface area contributed by atoms with Crippen LogP contribution in [-0.4, -0.2) is 19.0 Å². The molecule has 0 saturated carbocycles. The van der Waals surface area contributed by atoms with Crippen molar-refractivity contribution < 1.29 is 18.7 Å². The molecule has 1 aromatic carbocycles. The molecule has 2 rings (SSSR count). The Balaban J connectivity index is 1.86. The van der Waals surface area contributed by atoms with Crippen molar-refractivity contribution in [3.05, 3.63) is 71.3 Å². The number of carbonyl (C=O) groups excluding carboxylic acids is 2. The van der Waals surface area contributed by atoms with Crippen molar-refractivity contribution in [1.29, 1.82) is 5.26 Å². The molecule has 128 valence electrons. The molecule has 1 amide bonds. The van der Waals surface area contributed by atoms with Gasteiger partial charge in [-0.15, -0.1) is 0 Å². The van der Waals surface area contributed by atoms with E-state index in [4.69, 9.17) is 9.68 Å². The number of esters is 1. The second kappa shape index (κ2) is 8.93. The monoisotopic (exact) mass is 339 g/mol. The number of amides is 1. The Bertz CT molecular complexity index is 787. The number of hydrogen-bond donors (Lipinski definition) is 2. The lowest BCUT2D eigenvalue weighted by atomic mass is 10.1. The van der Waals surface area contributed by atoms with E-state index in [2.05, 4.69) is 15.4 Å². The number of methoxy groups -OCH3 is 1. The summed E-state index contributed by atoms with van der Waals surface area (Å²) in [6.07, 6.45) is 2.86. The molecule has 0 bridgehead atoms. The van der Waals surface area contributed by atoms with E-state index in [-0.39, 0.29) is 12.1 Å². The highest BCUT2D eigenvalue weighted by Gasteiger charge is 2.09. The normalized spacial score (nSPS) is 10.6. The van der Waals surface area contributed by atoms with E-state index in [1.807, 2.05) is 6.07 Å². The quantitative estimate of drug-likeness (QED) is 0.453. The molecule has 2 aromatic rings. The Morgan fingerprint density at radius 1 is 1.24 bits per heavy atom. The zero-order chi connectivity index (χ0) is 18.1. The molecule has 0 aliphatic heterocycles. The van der Waals surface area contributed by atoms with Gasteiger partial charge in [0.15, 0.2) is 0 Å². The van der Waals surface area contributed by atoms with Gasteiger partial charge in [0.1, 0.15) is 17.4 Å². The molecule has 7 nitrogen and oxygen atoms in total. The molecule has 0 aliphatic rings. The summed E-state index contributed by atoms with van der Waals surface area (Å²) in [7, 11) is 1.32. The van der Waals surface area contributed by atoms with E-state index in [9.17, 15) is 9.59 Å². The molecular formula is C18H17N3O4. The van der Waals surface area contributed by atoms with Crippen LogP contribution in [0.3, 0.4) is 0 Å². The van der Waals surface area contributed by atoms with Gasteiger partial charge < -0.3 is 19.8 Å². The molecule has 0 atom stereocenters. The second-order valence-electron chi connectivity index (χ2n) is 5.00. The third-order valence-electron chi connectivity index (χ3n) is 3.30. The van der Waals surface area contributed by atoms with Crippen LogP contribution in [0, 0.1) is 11.3 Å². The number of nitrogens with one attached hydrogen (secondary N) is 2. The highest BCUT2D eigenvalue weighted by Crippen LogP contribution is 2.06. The van der Waals surface area contributed by atoms with Crippen molar-refractivity contribution in [1.82, 2.24) is 10.6 Å². The highest BCUT2D eigenvalue weighted by molar-refractivity contribution is 5.97. The maximum atomic E-state index is 11.9. The number of nitrogens with zero attached hydrogens (tertiary/aromatic N) is 1. The Morgan fingerprint density at radius 3 is 2.60 bits per heavy atom. The summed E-state index contributed by atoms with van der Waals surface area (Å²) in [6, 6.07) is 12.1. The van der Waals surface area contributed by atoms with E-state index in [0.29, 0.717) is 17.9 Å². The molecule has 7 heteroatoms. The minimum atomic E-state index is -0.493. The van der Waals surface area contributed by atoms with Crippen LogP contribution >= 0.6 is 0 Å². The molecule has 0 saturated heterocycles. The van der Waals surface area contributed by atoms with Crippen LogP contribution in [0.15, 0.2) is 58.9 Å². The summed E-state index contributed by atoms with van der Waals surface area (Å²) in [5.74, 6) is -0.295. The Hall–Kier alpha value is -3.53. The summed E-state index contributed by atoms with van der Waals surface area (Å²) in [5, 5.41) is 14.6. The SMILES string of the molecule is COC(=O)c1ccc(CN/C=C(/C#N)C(=O)NCc2ccco2)cc1. The Morgan fingerprint density at radius 2 is 2.00 bits per heavy atom. The standard InChI is InChI=1S/C18H17N3O4/c1-24-18(23)14-6-4-13(5-7-14)10-20-11-15(9-19)17(22)21-12-16-3-2-8-25-16/h2-8,11,20H,10,12H2,1H3,(H,21,22)/b15-11-. The van der Waals surface area contributed by atoms with Crippen molar-refractivity contribution in [2.75, 3.05) is 7.11 Å². The summed E-state index contributed by atoms with van der Waals surface area (Å²) < 4.78 is 9.73. The third kappa shape index (κ3) is 5.25. The smallest absolute Gasteiger partial charge is 0.337 e. The third-order valence-corrected chi connectivity index (χ3v) is 3.30. The molecule has 0 spiro atoms. The average Bonchev–Trinajstić information content (AvgIpc) is 3.16. The van der Waals surface area contributed by atoms with Crippen LogP contribution in [0.4, 0.5) is 0 Å². The van der Waals surface area contributed by atoms with Gasteiger partial charge in [-0.3, -0.25) is 4.79 Å². The molecule has 2 N–H and O–H groups in total. The summed E-state index contributed by atoms with van der Waals surface area (Å²) in [4.78, 5) is 23.3. The van der Waals surface area contributed by atoms with Gasteiger partial charge in [-0.1, -0.05) is 12.1 Å². The lowest BCUT2D eigenvalue weighted by molar-refractivity contribution is -0.117. The molecule has 0 aliphatic carbocycles. The van der Waals surface area contributed by atoms with Crippen molar-refractivity contribution in [3.8, 4) is 6.07 Å². The van der Waals surface area contributed by atoms with Gasteiger partial charge in [0.25, 0.3) is 5.91 Å². The maximum Gasteiger partial charge on any atom is 0.337 e. The Kier molecular flexibility index (Phi) is 6.37. The van der Waals surface area contributed by atoms with Gasteiger partial charge in [-0.05, 0) is 29.8 Å². The van der Waals surface area contributed by atoms with Crippen LogP contribution in [0.1, 0.15) is 21.7 Å². The molecule has 1 aromatic heterocycles. The molecule has 0 fully saturated rings. The minimum Gasteiger partial charge on any atom is -0.467 e. The first-order chi connectivity index (χ1) is 12.1. The van der Waals surface area contributed by atoms with Gasteiger partial charge in [0.2, 0.25) is 0 Å². The zero-order valence-electron chi connectivity index (χ0n) is 13.6. The fourth-order valence-electron chi connectivity index (χ4n) is 1.97. The minimum absolute atomic E-state index is 0.0438. The topological polar surface area (TPSA) is 104 Å². The predicted molar refractivity (Wildman–Crippen MR) is 88.9 cm³/mol. The van der Waals surface area contributed by atoms with Gasteiger partial charge in [0, 0.05) is 12.7 Å². The zero-order valence-corrected chi connectivity index (χ0v) is 13.6. The first kappa shape index (κ1) is 17.8. The summed E-state index contributed by atoms with van der Waals surface area (Å²) in [6.45, 7) is 0.609.